The number of allylic oxidation sites excluding steroid dienone is 1. The van der Waals surface area contributed by atoms with Crippen LogP contribution in [0, 0.1) is 0 Å². The van der Waals surface area contributed by atoms with E-state index in [0.717, 1.165) is 38.5 Å². The summed E-state index contributed by atoms with van der Waals surface area (Å²) >= 11 is 0. The third-order valence-corrected chi connectivity index (χ3v) is 8.41. The number of hydrogen-bond donors (Lipinski definition) is 0. The van der Waals surface area contributed by atoms with Crippen molar-refractivity contribution in [3.05, 3.63) is 94.8 Å². The van der Waals surface area contributed by atoms with E-state index in [0.29, 0.717) is 30.5 Å². The number of ketones is 1. The standard InChI is InChI=1S/C34H41N3O/c38-31(19-5-11-27-12-8-22-35-24-27)18-4-10-26-9-3-17-30(23-26)28-13-6-15-29(16-7-14-28)34-32-20-1-2-21-33(32)36-25-37-34/h1,3,8-9,12,17,20,22-25,28-29H,2,4-7,10-11,13-16,18-19,21H2. The van der Waals surface area contributed by atoms with E-state index in [1.807, 2.05) is 12.3 Å². The Morgan fingerprint density at radius 3 is 2.42 bits per heavy atom. The van der Waals surface area contributed by atoms with Gasteiger partial charge in [0, 0.05) is 36.7 Å². The quantitative estimate of drug-likeness (QED) is 0.279. The van der Waals surface area contributed by atoms with Gasteiger partial charge in [0.05, 0.1) is 11.4 Å². The van der Waals surface area contributed by atoms with Crippen molar-refractivity contribution in [1.82, 2.24) is 15.0 Å². The molecule has 1 aromatic carbocycles. The first kappa shape index (κ1) is 26.5. The topological polar surface area (TPSA) is 55.7 Å². The van der Waals surface area contributed by atoms with Gasteiger partial charge < -0.3 is 0 Å². The SMILES string of the molecule is O=C(CCCc1cccnc1)CCCc1cccc(C2CCCC(c3ncnc4c3C=CCC4)CCC2)c1. The Kier molecular flexibility index (Phi) is 9.47. The molecule has 2 aromatic heterocycles. The molecule has 0 radical (unpaired) electrons. The lowest BCUT2D eigenvalue weighted by Gasteiger charge is -2.26. The summed E-state index contributed by atoms with van der Waals surface area (Å²) in [5.74, 6) is 1.59. The Morgan fingerprint density at radius 1 is 0.868 bits per heavy atom. The molecule has 0 amide bonds. The summed E-state index contributed by atoms with van der Waals surface area (Å²) in [5, 5.41) is 0. The minimum absolute atomic E-state index is 0.389. The average molecular weight is 508 g/mol. The van der Waals surface area contributed by atoms with Crippen molar-refractivity contribution in [2.45, 2.75) is 102 Å². The number of aryl methyl sites for hydroxylation is 3. The molecule has 0 N–H and O–H groups in total. The molecule has 2 aliphatic carbocycles. The molecule has 2 aliphatic rings. The largest absolute Gasteiger partial charge is 0.300 e. The van der Waals surface area contributed by atoms with Gasteiger partial charge in [0.1, 0.15) is 12.1 Å². The number of benzene rings is 1. The third kappa shape index (κ3) is 7.24. The highest BCUT2D eigenvalue weighted by atomic mass is 16.1. The average Bonchev–Trinajstić information content (AvgIpc) is 2.94. The zero-order valence-electron chi connectivity index (χ0n) is 22.7. The smallest absolute Gasteiger partial charge is 0.132 e. The highest BCUT2D eigenvalue weighted by molar-refractivity contribution is 5.78. The van der Waals surface area contributed by atoms with Crippen molar-refractivity contribution in [3.63, 3.8) is 0 Å². The summed E-state index contributed by atoms with van der Waals surface area (Å²) in [6.07, 6.45) is 24.7. The molecule has 38 heavy (non-hydrogen) atoms. The maximum absolute atomic E-state index is 12.4. The third-order valence-electron chi connectivity index (χ3n) is 8.41. The zero-order valence-corrected chi connectivity index (χ0v) is 22.7. The summed E-state index contributed by atoms with van der Waals surface area (Å²) in [4.78, 5) is 25.9. The van der Waals surface area contributed by atoms with Gasteiger partial charge in [-0.05, 0) is 92.9 Å². The van der Waals surface area contributed by atoms with Gasteiger partial charge in [-0.25, -0.2) is 9.97 Å². The molecule has 0 atom stereocenters. The Balaban J connectivity index is 1.08. The normalized spacial score (nSPS) is 19.4. The van der Waals surface area contributed by atoms with E-state index in [2.05, 4.69) is 52.5 Å². The fourth-order valence-electron chi connectivity index (χ4n) is 6.34. The second-order valence-corrected chi connectivity index (χ2v) is 11.2. The summed E-state index contributed by atoms with van der Waals surface area (Å²) in [7, 11) is 0. The predicted molar refractivity (Wildman–Crippen MR) is 154 cm³/mol. The number of carbonyl (C=O) groups excluding carboxylic acids is 1. The van der Waals surface area contributed by atoms with Crippen molar-refractivity contribution in [2.75, 3.05) is 0 Å². The van der Waals surface area contributed by atoms with Crippen molar-refractivity contribution in [1.29, 1.82) is 0 Å². The molecule has 5 rings (SSSR count). The molecular weight excluding hydrogens is 466 g/mol. The number of fused-ring (bicyclic) bond motifs is 1. The lowest BCUT2D eigenvalue weighted by molar-refractivity contribution is -0.119. The fourth-order valence-corrected chi connectivity index (χ4v) is 6.34. The summed E-state index contributed by atoms with van der Waals surface area (Å²) < 4.78 is 0. The molecule has 0 unspecified atom stereocenters. The number of hydrogen-bond acceptors (Lipinski definition) is 4. The Labute approximate surface area is 228 Å². The number of Topliss-reactive ketones (excluding diaryl/α,β-unsaturated/α-hetero) is 1. The number of aromatic nitrogens is 3. The van der Waals surface area contributed by atoms with Crippen LogP contribution in [0.5, 0.6) is 0 Å². The highest BCUT2D eigenvalue weighted by Crippen LogP contribution is 2.38. The Hall–Kier alpha value is -3.14. The predicted octanol–water partition coefficient (Wildman–Crippen LogP) is 7.97. The lowest BCUT2D eigenvalue weighted by Crippen LogP contribution is -2.13. The van der Waals surface area contributed by atoms with Crippen LogP contribution in [0.15, 0.2) is 61.2 Å². The van der Waals surface area contributed by atoms with Crippen molar-refractivity contribution < 1.29 is 4.79 Å². The van der Waals surface area contributed by atoms with Crippen LogP contribution in [0.1, 0.15) is 116 Å². The molecular formula is C34H41N3O. The van der Waals surface area contributed by atoms with Crippen LogP contribution in [-0.2, 0) is 24.1 Å². The second kappa shape index (κ2) is 13.6. The van der Waals surface area contributed by atoms with E-state index in [4.69, 9.17) is 4.98 Å². The molecule has 198 valence electrons. The van der Waals surface area contributed by atoms with Gasteiger partial charge in [-0.3, -0.25) is 9.78 Å². The van der Waals surface area contributed by atoms with Gasteiger partial charge in [0.2, 0.25) is 0 Å². The molecule has 4 heteroatoms. The highest BCUT2D eigenvalue weighted by Gasteiger charge is 2.23. The van der Waals surface area contributed by atoms with E-state index < -0.39 is 0 Å². The van der Waals surface area contributed by atoms with E-state index in [9.17, 15) is 4.79 Å². The van der Waals surface area contributed by atoms with Crippen LogP contribution in [0.25, 0.3) is 6.08 Å². The van der Waals surface area contributed by atoms with Crippen LogP contribution in [0.2, 0.25) is 0 Å². The molecule has 1 fully saturated rings. The van der Waals surface area contributed by atoms with Gasteiger partial charge in [-0.15, -0.1) is 0 Å². The Bertz CT molecular complexity index is 1210. The van der Waals surface area contributed by atoms with E-state index >= 15 is 0 Å². The van der Waals surface area contributed by atoms with E-state index in [1.165, 1.54) is 72.2 Å². The summed E-state index contributed by atoms with van der Waals surface area (Å²) in [5.41, 5.74) is 7.92. The molecule has 4 nitrogen and oxygen atoms in total. The number of carbonyl (C=O) groups is 1. The molecule has 0 spiro atoms. The molecule has 3 aromatic rings. The van der Waals surface area contributed by atoms with Crippen LogP contribution < -0.4 is 0 Å². The lowest BCUT2D eigenvalue weighted by atomic mass is 9.80. The second-order valence-electron chi connectivity index (χ2n) is 11.2. The number of pyridine rings is 1. The van der Waals surface area contributed by atoms with E-state index in [1.54, 1.807) is 12.5 Å². The van der Waals surface area contributed by atoms with Crippen LogP contribution in [-0.4, -0.2) is 20.7 Å². The minimum Gasteiger partial charge on any atom is -0.300 e. The van der Waals surface area contributed by atoms with Gasteiger partial charge in [-0.1, -0.05) is 55.3 Å². The van der Waals surface area contributed by atoms with Gasteiger partial charge in [-0.2, -0.15) is 0 Å². The van der Waals surface area contributed by atoms with Gasteiger partial charge in [0.25, 0.3) is 0 Å². The van der Waals surface area contributed by atoms with Crippen molar-refractivity contribution in [3.8, 4) is 0 Å². The van der Waals surface area contributed by atoms with E-state index in [-0.39, 0.29) is 0 Å². The summed E-state index contributed by atoms with van der Waals surface area (Å²) in [6, 6.07) is 13.2. The maximum atomic E-state index is 12.4. The number of nitrogens with zero attached hydrogens (tertiary/aromatic N) is 3. The van der Waals surface area contributed by atoms with Crippen molar-refractivity contribution in [2.24, 2.45) is 0 Å². The first-order valence-electron chi connectivity index (χ1n) is 14.8. The molecule has 0 aliphatic heterocycles. The van der Waals surface area contributed by atoms with Crippen LogP contribution in [0.4, 0.5) is 0 Å². The minimum atomic E-state index is 0.389. The van der Waals surface area contributed by atoms with Crippen molar-refractivity contribution >= 4 is 11.9 Å². The summed E-state index contributed by atoms with van der Waals surface area (Å²) in [6.45, 7) is 0. The van der Waals surface area contributed by atoms with Gasteiger partial charge in [0.15, 0.2) is 0 Å². The molecule has 2 heterocycles. The Morgan fingerprint density at radius 2 is 1.63 bits per heavy atom. The molecule has 0 bridgehead atoms. The van der Waals surface area contributed by atoms with Crippen LogP contribution in [0.3, 0.4) is 0 Å². The fraction of sp³-hybridized carbons (Fsp3) is 0.471. The maximum Gasteiger partial charge on any atom is 0.132 e. The molecule has 0 saturated heterocycles. The first-order valence-corrected chi connectivity index (χ1v) is 14.8. The monoisotopic (exact) mass is 507 g/mol. The zero-order chi connectivity index (χ0) is 26.0. The first-order chi connectivity index (χ1) is 18.8. The number of rotatable bonds is 10. The van der Waals surface area contributed by atoms with Crippen LogP contribution >= 0.6 is 0 Å². The van der Waals surface area contributed by atoms with Gasteiger partial charge >= 0.3 is 0 Å². The molecule has 1 saturated carbocycles.